The number of hydrogen-bond donors (Lipinski definition) is 1. The number of hydrogen-bond acceptors (Lipinski definition) is 2. The number of nitrogens with zero attached hydrogens (tertiary/aromatic N) is 1. The van der Waals surface area contributed by atoms with Crippen molar-refractivity contribution in [1.29, 1.82) is 0 Å². The fourth-order valence-corrected chi connectivity index (χ4v) is 1.89. The Kier molecular flexibility index (Phi) is 3.93. The smallest absolute Gasteiger partial charge is 0.258 e. The lowest BCUT2D eigenvalue weighted by atomic mass is 10.2. The molecule has 0 saturated heterocycles. The summed E-state index contributed by atoms with van der Waals surface area (Å²) in [6, 6.07) is 7.20. The van der Waals surface area contributed by atoms with Crippen molar-refractivity contribution >= 4 is 39.1 Å². The molecule has 1 aromatic heterocycles. The Morgan fingerprint density at radius 1 is 1.33 bits per heavy atom. The van der Waals surface area contributed by atoms with Gasteiger partial charge in [-0.2, -0.15) is 0 Å². The molecule has 0 bridgehead atoms. The monoisotopic (exact) mass is 328 g/mol. The van der Waals surface area contributed by atoms with Crippen LogP contribution in [0, 0.1) is 5.82 Å². The van der Waals surface area contributed by atoms with Crippen molar-refractivity contribution in [3.05, 3.63) is 57.5 Å². The lowest BCUT2D eigenvalue weighted by molar-refractivity contribution is 0.102. The maximum absolute atomic E-state index is 13.5. The van der Waals surface area contributed by atoms with E-state index in [9.17, 15) is 9.18 Å². The number of carbonyl (C=O) groups is 1. The van der Waals surface area contributed by atoms with E-state index in [1.165, 1.54) is 30.5 Å². The molecule has 18 heavy (non-hydrogen) atoms. The summed E-state index contributed by atoms with van der Waals surface area (Å²) in [5.74, 6) is -1.13. The van der Waals surface area contributed by atoms with E-state index in [-0.39, 0.29) is 10.7 Å². The molecule has 6 heteroatoms. The van der Waals surface area contributed by atoms with Gasteiger partial charge in [0.2, 0.25) is 0 Å². The molecule has 0 unspecified atom stereocenters. The third-order valence-corrected chi connectivity index (χ3v) is 2.86. The first-order valence-corrected chi connectivity index (χ1v) is 6.11. The summed E-state index contributed by atoms with van der Waals surface area (Å²) in [7, 11) is 0. The molecule has 1 amide bonds. The Bertz CT molecular complexity index is 606. The summed E-state index contributed by atoms with van der Waals surface area (Å²) >= 11 is 8.87. The van der Waals surface area contributed by atoms with Crippen LogP contribution >= 0.6 is 27.5 Å². The molecule has 0 fully saturated rings. The van der Waals surface area contributed by atoms with Gasteiger partial charge < -0.3 is 5.32 Å². The minimum absolute atomic E-state index is 0.0442. The highest BCUT2D eigenvalue weighted by molar-refractivity contribution is 9.10. The van der Waals surface area contributed by atoms with Gasteiger partial charge in [0.15, 0.2) is 0 Å². The molecule has 1 heterocycles. The zero-order valence-corrected chi connectivity index (χ0v) is 11.3. The van der Waals surface area contributed by atoms with Gasteiger partial charge in [-0.3, -0.25) is 4.79 Å². The second-order valence-corrected chi connectivity index (χ2v) is 4.75. The summed E-state index contributed by atoms with van der Waals surface area (Å²) in [5, 5.41) is 2.80. The normalized spacial score (nSPS) is 10.2. The quantitative estimate of drug-likeness (QED) is 0.849. The van der Waals surface area contributed by atoms with Crippen molar-refractivity contribution in [3.63, 3.8) is 0 Å². The van der Waals surface area contributed by atoms with Crippen LogP contribution in [0.3, 0.4) is 0 Å². The van der Waals surface area contributed by atoms with Gasteiger partial charge in [0.25, 0.3) is 5.91 Å². The Balaban J connectivity index is 2.24. The maximum Gasteiger partial charge on any atom is 0.258 e. The molecule has 0 saturated carbocycles. The van der Waals surface area contributed by atoms with E-state index in [1.54, 1.807) is 6.07 Å². The standard InChI is InChI=1S/C12H7BrClFN2O/c13-7-1-2-10(15)9(5-7)12(18)17-8-3-4-16-11(14)6-8/h1-6H,(H,16,17,18). The third-order valence-electron chi connectivity index (χ3n) is 2.16. The van der Waals surface area contributed by atoms with Crippen LogP contribution in [0.1, 0.15) is 10.4 Å². The zero-order valence-electron chi connectivity index (χ0n) is 8.95. The average molecular weight is 330 g/mol. The summed E-state index contributed by atoms with van der Waals surface area (Å²) in [4.78, 5) is 15.6. The Labute approximate surface area is 116 Å². The first-order valence-electron chi connectivity index (χ1n) is 4.94. The number of amides is 1. The van der Waals surface area contributed by atoms with Gasteiger partial charge in [-0.15, -0.1) is 0 Å². The molecule has 0 radical (unpaired) electrons. The first kappa shape index (κ1) is 13.0. The van der Waals surface area contributed by atoms with Gasteiger partial charge in [0, 0.05) is 16.4 Å². The van der Waals surface area contributed by atoms with Crippen LogP contribution in [0.15, 0.2) is 41.0 Å². The Morgan fingerprint density at radius 2 is 2.11 bits per heavy atom. The number of pyridine rings is 1. The minimum atomic E-state index is -0.587. The van der Waals surface area contributed by atoms with Crippen LogP contribution in [-0.2, 0) is 0 Å². The van der Waals surface area contributed by atoms with Crippen LogP contribution in [0.25, 0.3) is 0 Å². The molecule has 2 aromatic rings. The summed E-state index contributed by atoms with van der Waals surface area (Å²) in [6.07, 6.45) is 1.45. The summed E-state index contributed by atoms with van der Waals surface area (Å²) in [5.41, 5.74) is 0.414. The van der Waals surface area contributed by atoms with Crippen LogP contribution in [0.4, 0.5) is 10.1 Å². The summed E-state index contributed by atoms with van der Waals surface area (Å²) in [6.45, 7) is 0. The summed E-state index contributed by atoms with van der Waals surface area (Å²) < 4.78 is 14.1. The maximum atomic E-state index is 13.5. The lowest BCUT2D eigenvalue weighted by Crippen LogP contribution is -2.13. The largest absolute Gasteiger partial charge is 0.322 e. The fourth-order valence-electron chi connectivity index (χ4n) is 1.35. The van der Waals surface area contributed by atoms with E-state index in [2.05, 4.69) is 26.2 Å². The molecule has 0 aliphatic carbocycles. The number of anilines is 1. The van der Waals surface area contributed by atoms with Crippen LogP contribution < -0.4 is 5.32 Å². The molecule has 3 nitrogen and oxygen atoms in total. The molecule has 0 aliphatic rings. The number of rotatable bonds is 2. The van der Waals surface area contributed by atoms with E-state index in [0.29, 0.717) is 10.2 Å². The van der Waals surface area contributed by atoms with E-state index in [1.807, 2.05) is 0 Å². The molecule has 0 spiro atoms. The second kappa shape index (κ2) is 5.46. The van der Waals surface area contributed by atoms with Crippen LogP contribution in [-0.4, -0.2) is 10.9 Å². The minimum Gasteiger partial charge on any atom is -0.322 e. The van der Waals surface area contributed by atoms with Gasteiger partial charge in [-0.1, -0.05) is 27.5 Å². The van der Waals surface area contributed by atoms with E-state index in [4.69, 9.17) is 11.6 Å². The van der Waals surface area contributed by atoms with Crippen molar-refractivity contribution in [2.45, 2.75) is 0 Å². The molecular formula is C12H7BrClFN2O. The molecule has 2 rings (SSSR count). The van der Waals surface area contributed by atoms with E-state index < -0.39 is 11.7 Å². The predicted octanol–water partition coefficient (Wildman–Crippen LogP) is 3.89. The van der Waals surface area contributed by atoms with Crippen molar-refractivity contribution in [2.24, 2.45) is 0 Å². The van der Waals surface area contributed by atoms with Gasteiger partial charge >= 0.3 is 0 Å². The number of aromatic nitrogens is 1. The van der Waals surface area contributed by atoms with Gasteiger partial charge in [0.1, 0.15) is 11.0 Å². The fraction of sp³-hybridized carbons (Fsp3) is 0. The van der Waals surface area contributed by atoms with Gasteiger partial charge in [-0.25, -0.2) is 9.37 Å². The molecule has 1 aromatic carbocycles. The van der Waals surface area contributed by atoms with E-state index >= 15 is 0 Å². The first-order chi connectivity index (χ1) is 8.56. The number of nitrogens with one attached hydrogen (secondary N) is 1. The molecule has 1 N–H and O–H groups in total. The Morgan fingerprint density at radius 3 is 2.83 bits per heavy atom. The zero-order chi connectivity index (χ0) is 13.1. The number of benzene rings is 1. The predicted molar refractivity (Wildman–Crippen MR) is 71.3 cm³/mol. The van der Waals surface area contributed by atoms with Crippen LogP contribution in [0.2, 0.25) is 5.15 Å². The van der Waals surface area contributed by atoms with Crippen molar-refractivity contribution in [2.75, 3.05) is 5.32 Å². The van der Waals surface area contributed by atoms with Gasteiger partial charge in [0.05, 0.1) is 5.56 Å². The van der Waals surface area contributed by atoms with Crippen molar-refractivity contribution in [3.8, 4) is 0 Å². The molecular weight excluding hydrogens is 322 g/mol. The highest BCUT2D eigenvalue weighted by Gasteiger charge is 2.12. The highest BCUT2D eigenvalue weighted by Crippen LogP contribution is 2.18. The van der Waals surface area contributed by atoms with E-state index in [0.717, 1.165) is 0 Å². The number of carbonyl (C=O) groups excluding carboxylic acids is 1. The lowest BCUT2D eigenvalue weighted by Gasteiger charge is -2.06. The number of halogens is 3. The Hall–Kier alpha value is -1.46. The van der Waals surface area contributed by atoms with Crippen LogP contribution in [0.5, 0.6) is 0 Å². The van der Waals surface area contributed by atoms with Crippen molar-refractivity contribution in [1.82, 2.24) is 4.98 Å². The average Bonchev–Trinajstić information content (AvgIpc) is 2.32. The topological polar surface area (TPSA) is 42.0 Å². The van der Waals surface area contributed by atoms with Gasteiger partial charge in [-0.05, 0) is 30.3 Å². The highest BCUT2D eigenvalue weighted by atomic mass is 79.9. The molecule has 92 valence electrons. The molecule has 0 aliphatic heterocycles. The van der Waals surface area contributed by atoms with Crippen molar-refractivity contribution < 1.29 is 9.18 Å². The second-order valence-electron chi connectivity index (χ2n) is 3.45. The SMILES string of the molecule is O=C(Nc1ccnc(Cl)c1)c1cc(Br)ccc1F. The third kappa shape index (κ3) is 3.05. The molecule has 0 atom stereocenters.